The Bertz CT molecular complexity index is 1870. The van der Waals surface area contributed by atoms with Crippen LogP contribution in [-0.4, -0.2) is 111 Å². The molecule has 2 saturated heterocycles. The van der Waals surface area contributed by atoms with Gasteiger partial charge in [0.1, 0.15) is 25.8 Å². The number of carbonyl (C=O) groups is 2. The van der Waals surface area contributed by atoms with Crippen molar-refractivity contribution < 1.29 is 38.0 Å². The average molecular weight is 669 g/mol. The number of aromatic nitrogens is 1. The van der Waals surface area contributed by atoms with Gasteiger partial charge in [-0.1, -0.05) is 30.3 Å². The second kappa shape index (κ2) is 13.3. The molecule has 5 heterocycles. The normalized spacial score (nSPS) is 20.4. The summed E-state index contributed by atoms with van der Waals surface area (Å²) in [6, 6.07) is 18.8. The van der Waals surface area contributed by atoms with E-state index < -0.39 is 12.1 Å². The van der Waals surface area contributed by atoms with Gasteiger partial charge in [0.2, 0.25) is 18.6 Å². The summed E-state index contributed by atoms with van der Waals surface area (Å²) in [5.41, 5.74) is 4.97. The van der Waals surface area contributed by atoms with Gasteiger partial charge in [0.25, 0.3) is 0 Å². The monoisotopic (exact) mass is 668 g/mol. The fourth-order valence-electron chi connectivity index (χ4n) is 7.51. The van der Waals surface area contributed by atoms with E-state index in [0.717, 1.165) is 33.3 Å². The van der Waals surface area contributed by atoms with Gasteiger partial charge in [-0.25, -0.2) is 0 Å². The van der Waals surface area contributed by atoms with Crippen molar-refractivity contribution in [1.29, 1.82) is 0 Å². The van der Waals surface area contributed by atoms with Crippen LogP contribution >= 0.6 is 0 Å². The summed E-state index contributed by atoms with van der Waals surface area (Å²) in [5, 5.41) is 1.08. The van der Waals surface area contributed by atoms with Gasteiger partial charge in [-0.15, -0.1) is 0 Å². The number of aromatic amines is 1. The number of carbonyl (C=O) groups excluding carboxylic acids is 2. The minimum absolute atomic E-state index is 0.00249. The van der Waals surface area contributed by atoms with E-state index in [1.165, 1.54) is 0 Å². The second-order valence-corrected chi connectivity index (χ2v) is 12.9. The van der Waals surface area contributed by atoms with E-state index in [2.05, 4.69) is 16.0 Å². The number of likely N-dealkylation sites (tertiary alicyclic amines) is 1. The lowest BCUT2D eigenvalue weighted by Crippen LogP contribution is -2.69. The number of nitrogens with zero attached hydrogens (tertiary/aromatic N) is 3. The summed E-state index contributed by atoms with van der Waals surface area (Å²) in [4.78, 5) is 38.0. The summed E-state index contributed by atoms with van der Waals surface area (Å²) in [6.45, 7) is 4.04. The molecular weight excluding hydrogens is 628 g/mol. The minimum atomic E-state index is -0.602. The molecule has 1 N–H and O–H groups in total. The van der Waals surface area contributed by atoms with Crippen LogP contribution < -0.4 is 18.9 Å². The number of hydrogen-bond donors (Lipinski definition) is 1. The molecule has 0 aliphatic carbocycles. The van der Waals surface area contributed by atoms with E-state index in [4.69, 9.17) is 28.4 Å². The molecule has 1 aromatic heterocycles. The van der Waals surface area contributed by atoms with Crippen LogP contribution in [-0.2, 0) is 32.0 Å². The molecule has 4 aliphatic rings. The first kappa shape index (κ1) is 31.5. The molecule has 0 unspecified atom stereocenters. The lowest BCUT2D eigenvalue weighted by atomic mass is 9.85. The predicted octanol–water partition coefficient (Wildman–Crippen LogP) is 3.52. The van der Waals surface area contributed by atoms with Crippen LogP contribution in [0.3, 0.4) is 0 Å². The van der Waals surface area contributed by atoms with Crippen LogP contribution in [0.25, 0.3) is 10.9 Å². The van der Waals surface area contributed by atoms with Gasteiger partial charge in [-0.05, 0) is 47.0 Å². The van der Waals surface area contributed by atoms with Crippen LogP contribution in [0.15, 0.2) is 60.7 Å². The molecule has 8 rings (SSSR count). The molecule has 3 aromatic carbocycles. The molecular formula is C37H40N4O8. The SMILES string of the molecule is COCCOc1ccc(CN2CC(N3CC(=O)N4[C@H](c5ccc6c(c5)OCO6)c5[nH]c6ccccc6c5C[C@@H]4C3=O)C2)cc1OCCOC. The lowest BCUT2D eigenvalue weighted by Gasteiger charge is -2.52. The number of hydrogen-bond acceptors (Lipinski definition) is 9. The Morgan fingerprint density at radius 2 is 1.63 bits per heavy atom. The first-order chi connectivity index (χ1) is 24.0. The van der Waals surface area contributed by atoms with Crippen molar-refractivity contribution in [2.75, 3.05) is 67.1 Å². The zero-order valence-corrected chi connectivity index (χ0v) is 27.7. The van der Waals surface area contributed by atoms with Crippen LogP contribution in [0.1, 0.15) is 28.4 Å². The third-order valence-corrected chi connectivity index (χ3v) is 9.89. The fraction of sp³-hybridized carbons (Fsp3) is 0.405. The Kier molecular flexibility index (Phi) is 8.52. The topological polar surface area (TPSA) is 115 Å². The number of para-hydroxylation sites is 1. The van der Waals surface area contributed by atoms with Crippen LogP contribution in [0.2, 0.25) is 0 Å². The van der Waals surface area contributed by atoms with Gasteiger partial charge in [-0.2, -0.15) is 0 Å². The van der Waals surface area contributed by atoms with Crippen LogP contribution in [0.5, 0.6) is 23.0 Å². The number of nitrogens with one attached hydrogen (secondary N) is 1. The Labute approximate surface area is 284 Å². The van der Waals surface area contributed by atoms with Crippen molar-refractivity contribution in [3.8, 4) is 23.0 Å². The number of methoxy groups -OCH3 is 2. The quantitative estimate of drug-likeness (QED) is 0.227. The number of amides is 2. The first-order valence-corrected chi connectivity index (χ1v) is 16.7. The third kappa shape index (κ3) is 5.83. The van der Waals surface area contributed by atoms with E-state index >= 15 is 0 Å². The maximum absolute atomic E-state index is 14.4. The zero-order chi connectivity index (χ0) is 33.5. The molecule has 12 heteroatoms. The number of benzene rings is 3. The minimum Gasteiger partial charge on any atom is -0.487 e. The van der Waals surface area contributed by atoms with Crippen molar-refractivity contribution in [2.45, 2.75) is 31.1 Å². The Hall–Kier alpha value is -4.78. The van der Waals surface area contributed by atoms with Gasteiger partial charge in [-0.3, -0.25) is 14.5 Å². The standard InChI is InChI=1S/C37H40N4O8/c1-44-11-13-46-30-9-7-23(15-32(30)47-14-12-45-2)18-39-19-25(20-39)40-21-34(42)41-29(37(40)43)17-27-26-5-3-4-6-28(26)38-35(27)36(41)24-8-10-31-33(16-24)49-22-48-31/h3-10,15-16,25,29,36,38H,11-14,17-22H2,1-2H3/t29-,36-/m1/s1. The Morgan fingerprint density at radius 3 is 2.45 bits per heavy atom. The molecule has 12 nitrogen and oxygen atoms in total. The van der Waals surface area contributed by atoms with Crippen molar-refractivity contribution in [2.24, 2.45) is 0 Å². The summed E-state index contributed by atoms with van der Waals surface area (Å²) in [6.07, 6.45) is 0.461. The molecule has 4 aromatic rings. The zero-order valence-electron chi connectivity index (χ0n) is 27.7. The molecule has 256 valence electrons. The fourth-order valence-corrected chi connectivity index (χ4v) is 7.51. The second-order valence-electron chi connectivity index (χ2n) is 12.9. The molecule has 49 heavy (non-hydrogen) atoms. The average Bonchev–Trinajstić information content (AvgIpc) is 3.72. The number of H-pyrrole nitrogens is 1. The summed E-state index contributed by atoms with van der Waals surface area (Å²) in [7, 11) is 3.28. The van der Waals surface area contributed by atoms with E-state index in [1.807, 2.05) is 59.5 Å². The van der Waals surface area contributed by atoms with Crippen LogP contribution in [0, 0.1) is 0 Å². The highest BCUT2D eigenvalue weighted by Crippen LogP contribution is 2.45. The van der Waals surface area contributed by atoms with Gasteiger partial charge in [0.15, 0.2) is 23.0 Å². The molecule has 2 amide bonds. The maximum atomic E-state index is 14.4. The molecule has 2 atom stereocenters. The molecule has 0 saturated carbocycles. The van der Waals surface area contributed by atoms with Gasteiger partial charge < -0.3 is 43.2 Å². The predicted molar refractivity (Wildman–Crippen MR) is 179 cm³/mol. The third-order valence-electron chi connectivity index (χ3n) is 9.89. The van der Waals surface area contributed by atoms with Gasteiger partial charge in [0.05, 0.1) is 25.3 Å². The Morgan fingerprint density at radius 1 is 0.857 bits per heavy atom. The van der Waals surface area contributed by atoms with Gasteiger partial charge >= 0.3 is 0 Å². The Balaban J connectivity index is 1.00. The van der Waals surface area contributed by atoms with E-state index in [-0.39, 0.29) is 31.2 Å². The number of piperazine rings is 1. The lowest BCUT2D eigenvalue weighted by molar-refractivity contribution is -0.164. The molecule has 0 bridgehead atoms. The first-order valence-electron chi connectivity index (χ1n) is 16.7. The van der Waals surface area contributed by atoms with Crippen molar-refractivity contribution >= 4 is 22.7 Å². The summed E-state index contributed by atoms with van der Waals surface area (Å²) < 4.78 is 33.4. The summed E-state index contributed by atoms with van der Waals surface area (Å²) >= 11 is 0. The molecule has 0 spiro atoms. The van der Waals surface area contributed by atoms with Crippen molar-refractivity contribution in [3.05, 3.63) is 83.0 Å². The van der Waals surface area contributed by atoms with E-state index in [1.54, 1.807) is 19.1 Å². The molecule has 0 radical (unpaired) electrons. The number of fused-ring (bicyclic) bond motifs is 5. The largest absolute Gasteiger partial charge is 0.487 e. The maximum Gasteiger partial charge on any atom is 0.246 e. The summed E-state index contributed by atoms with van der Waals surface area (Å²) in [5.74, 6) is 2.58. The highest BCUT2D eigenvalue weighted by Gasteiger charge is 2.51. The van der Waals surface area contributed by atoms with Crippen molar-refractivity contribution in [1.82, 2.24) is 19.7 Å². The smallest absolute Gasteiger partial charge is 0.246 e. The van der Waals surface area contributed by atoms with Crippen molar-refractivity contribution in [3.63, 3.8) is 0 Å². The molecule has 4 aliphatic heterocycles. The highest BCUT2D eigenvalue weighted by molar-refractivity contribution is 5.98. The van der Waals surface area contributed by atoms with E-state index in [9.17, 15) is 9.59 Å². The highest BCUT2D eigenvalue weighted by atomic mass is 16.7. The van der Waals surface area contributed by atoms with Gasteiger partial charge in [0, 0.05) is 56.9 Å². The number of rotatable bonds is 12. The van der Waals surface area contributed by atoms with E-state index in [0.29, 0.717) is 75.5 Å². The molecule has 2 fully saturated rings. The number of ether oxygens (including phenoxy) is 6. The van der Waals surface area contributed by atoms with Crippen LogP contribution in [0.4, 0.5) is 0 Å².